The summed E-state index contributed by atoms with van der Waals surface area (Å²) < 4.78 is 32.3. The summed E-state index contributed by atoms with van der Waals surface area (Å²) in [7, 11) is -3.87. The van der Waals surface area contributed by atoms with Crippen molar-refractivity contribution in [2.45, 2.75) is 94.8 Å². The van der Waals surface area contributed by atoms with Crippen LogP contribution < -0.4 is 15.4 Å². The Morgan fingerprint density at radius 1 is 1.19 bits per heavy atom. The number of allylic oxidation sites excluding steroid dienone is 3. The molecule has 5 atom stereocenters. The van der Waals surface area contributed by atoms with Gasteiger partial charge in [0, 0.05) is 18.3 Å². The lowest BCUT2D eigenvalue weighted by atomic mass is 9.77. The molecule has 4 rings (SSSR count). The van der Waals surface area contributed by atoms with Gasteiger partial charge in [0.2, 0.25) is 21.8 Å². The van der Waals surface area contributed by atoms with Crippen molar-refractivity contribution in [3.63, 3.8) is 0 Å². The minimum atomic E-state index is -3.87. The molecule has 13 heteroatoms. The molecule has 0 radical (unpaired) electrons. The molecule has 4 N–H and O–H groups in total. The molecule has 1 aliphatic heterocycles. The first kappa shape index (κ1) is 31.7. The van der Waals surface area contributed by atoms with Gasteiger partial charge in [-0.1, -0.05) is 29.4 Å². The fourth-order valence-corrected chi connectivity index (χ4v) is 7.19. The lowest BCUT2D eigenvalue weighted by Gasteiger charge is -2.33. The molecular formula is C29H42N4O8S. The fraction of sp³-hybridized carbons (Fsp3) is 0.655. The SMILES string of the molecule is C=C[C@@H]1C[C@]1(NC(=O)[C@@H]1C[C@@](O)(C2C=C(C)C=C(C)C2)CN1C(=O)CNC(=O)OC(C)(C)C)C(=O)NS(=O)(=O)C1CC1. The highest BCUT2D eigenvalue weighted by atomic mass is 32.2. The van der Waals surface area contributed by atoms with Gasteiger partial charge in [-0.25, -0.2) is 13.2 Å². The van der Waals surface area contributed by atoms with E-state index in [1.807, 2.05) is 26.0 Å². The van der Waals surface area contributed by atoms with E-state index in [-0.39, 0.29) is 25.3 Å². The summed E-state index contributed by atoms with van der Waals surface area (Å²) in [5.74, 6) is -3.06. The molecule has 2 saturated carbocycles. The van der Waals surface area contributed by atoms with E-state index >= 15 is 0 Å². The second-order valence-electron chi connectivity index (χ2n) is 13.1. The van der Waals surface area contributed by atoms with Gasteiger partial charge < -0.3 is 25.4 Å². The molecule has 3 fully saturated rings. The Hall–Kier alpha value is -3.19. The molecule has 42 heavy (non-hydrogen) atoms. The fourth-order valence-electron chi connectivity index (χ4n) is 5.83. The Balaban J connectivity index is 1.55. The van der Waals surface area contributed by atoms with Crippen LogP contribution in [0.2, 0.25) is 0 Å². The molecule has 0 aromatic rings. The summed E-state index contributed by atoms with van der Waals surface area (Å²) in [5, 5.41) is 16.3. The van der Waals surface area contributed by atoms with Gasteiger partial charge in [0.15, 0.2) is 0 Å². The van der Waals surface area contributed by atoms with Crippen LogP contribution in [0.3, 0.4) is 0 Å². The van der Waals surface area contributed by atoms with E-state index in [2.05, 4.69) is 21.9 Å². The van der Waals surface area contributed by atoms with Crippen molar-refractivity contribution in [1.29, 1.82) is 0 Å². The largest absolute Gasteiger partial charge is 0.444 e. The molecule has 0 spiro atoms. The van der Waals surface area contributed by atoms with Gasteiger partial charge in [-0.2, -0.15) is 0 Å². The smallest absolute Gasteiger partial charge is 0.408 e. The van der Waals surface area contributed by atoms with Gasteiger partial charge in [0.05, 0.1) is 17.4 Å². The Bertz CT molecular complexity index is 1350. The number of nitrogens with one attached hydrogen (secondary N) is 3. The molecular weight excluding hydrogens is 564 g/mol. The monoisotopic (exact) mass is 606 g/mol. The third-order valence-electron chi connectivity index (χ3n) is 8.19. The van der Waals surface area contributed by atoms with Gasteiger partial charge in [-0.05, 0) is 60.3 Å². The Labute approximate surface area is 247 Å². The van der Waals surface area contributed by atoms with Gasteiger partial charge in [-0.3, -0.25) is 19.1 Å². The maximum absolute atomic E-state index is 13.8. The van der Waals surface area contributed by atoms with Crippen LogP contribution in [0.1, 0.15) is 66.7 Å². The molecule has 4 amide bonds. The van der Waals surface area contributed by atoms with E-state index in [1.54, 1.807) is 20.8 Å². The predicted octanol–water partition coefficient (Wildman–Crippen LogP) is 1.42. The molecule has 0 bridgehead atoms. The molecule has 0 aromatic carbocycles. The van der Waals surface area contributed by atoms with E-state index in [1.165, 1.54) is 11.0 Å². The summed E-state index contributed by atoms with van der Waals surface area (Å²) in [6, 6.07) is -1.18. The van der Waals surface area contributed by atoms with Gasteiger partial charge in [-0.15, -0.1) is 6.58 Å². The number of carbonyl (C=O) groups is 4. The van der Waals surface area contributed by atoms with Crippen molar-refractivity contribution in [1.82, 2.24) is 20.3 Å². The number of amides is 4. The molecule has 1 unspecified atom stereocenters. The average molecular weight is 607 g/mol. The standard InChI is InChI=1S/C29H42N4O8S/c1-7-19-13-29(19,25(36)32-42(39,40)21-8-9-21)31-24(35)22-14-28(38,20-11-17(2)10-18(3)12-20)16-33(22)23(34)15-30-26(37)41-27(4,5)6/h7,10-11,19-22,38H,1,8-9,12-16H2,2-6H3,(H,30,37)(H,31,35)(H,32,36)/t19-,20?,22+,28+,29-/m1/s1. The number of hydrogen-bond acceptors (Lipinski definition) is 8. The van der Waals surface area contributed by atoms with Crippen LogP contribution in [0, 0.1) is 11.8 Å². The highest BCUT2D eigenvalue weighted by molar-refractivity contribution is 7.91. The number of hydrogen-bond donors (Lipinski definition) is 4. The van der Waals surface area contributed by atoms with Crippen molar-refractivity contribution in [3.05, 3.63) is 36.0 Å². The number of β-amino-alcohol motifs (C(OH)–C–C–N with tert-alkyl or cyclic N) is 1. The number of carbonyl (C=O) groups excluding carboxylic acids is 4. The second-order valence-corrected chi connectivity index (χ2v) is 15.1. The molecule has 0 aromatic heterocycles. The lowest BCUT2D eigenvalue weighted by molar-refractivity contribution is -0.139. The summed E-state index contributed by atoms with van der Waals surface area (Å²) in [5.41, 5.74) is -1.79. The third-order valence-corrected chi connectivity index (χ3v) is 10.0. The predicted molar refractivity (Wildman–Crippen MR) is 154 cm³/mol. The molecule has 3 aliphatic carbocycles. The zero-order valence-corrected chi connectivity index (χ0v) is 25.7. The molecule has 12 nitrogen and oxygen atoms in total. The van der Waals surface area contributed by atoms with Crippen molar-refractivity contribution in [3.8, 4) is 0 Å². The van der Waals surface area contributed by atoms with Gasteiger partial charge in [0.25, 0.3) is 5.91 Å². The number of sulfonamides is 1. The summed E-state index contributed by atoms with van der Waals surface area (Å²) >= 11 is 0. The van der Waals surface area contributed by atoms with Gasteiger partial charge in [0.1, 0.15) is 23.7 Å². The summed E-state index contributed by atoms with van der Waals surface area (Å²) in [6.45, 7) is 12.0. The summed E-state index contributed by atoms with van der Waals surface area (Å²) in [4.78, 5) is 53.8. The molecule has 232 valence electrons. The maximum Gasteiger partial charge on any atom is 0.408 e. The quantitative estimate of drug-likeness (QED) is 0.286. The topological polar surface area (TPSA) is 171 Å². The number of rotatable bonds is 9. The van der Waals surface area contributed by atoms with Crippen molar-refractivity contribution < 1.29 is 37.4 Å². The van der Waals surface area contributed by atoms with E-state index in [9.17, 15) is 32.7 Å². The van der Waals surface area contributed by atoms with E-state index in [4.69, 9.17) is 4.74 Å². The average Bonchev–Trinajstić information content (AvgIpc) is 3.78. The van der Waals surface area contributed by atoms with E-state index < -0.39 is 74.3 Å². The normalized spacial score (nSPS) is 30.9. The minimum Gasteiger partial charge on any atom is -0.444 e. The third kappa shape index (κ3) is 6.88. The second kappa shape index (κ2) is 11.1. The van der Waals surface area contributed by atoms with Crippen LogP contribution >= 0.6 is 0 Å². The van der Waals surface area contributed by atoms with Crippen LogP contribution in [0.5, 0.6) is 0 Å². The lowest BCUT2D eigenvalue weighted by Crippen LogP contribution is -2.57. The van der Waals surface area contributed by atoms with Crippen LogP contribution in [-0.2, 0) is 29.1 Å². The Morgan fingerprint density at radius 2 is 1.86 bits per heavy atom. The van der Waals surface area contributed by atoms with Crippen molar-refractivity contribution in [2.24, 2.45) is 11.8 Å². The molecule has 4 aliphatic rings. The Kier molecular flexibility index (Phi) is 8.42. The number of nitrogens with zero attached hydrogens (tertiary/aromatic N) is 1. The van der Waals surface area contributed by atoms with E-state index in [0.29, 0.717) is 19.3 Å². The van der Waals surface area contributed by atoms with Crippen molar-refractivity contribution >= 4 is 33.8 Å². The minimum absolute atomic E-state index is 0.116. The molecule has 1 saturated heterocycles. The van der Waals surface area contributed by atoms with Crippen LogP contribution in [0.4, 0.5) is 4.79 Å². The highest BCUT2D eigenvalue weighted by Crippen LogP contribution is 2.46. The maximum atomic E-state index is 13.8. The van der Waals surface area contributed by atoms with Crippen LogP contribution in [0.15, 0.2) is 36.0 Å². The Morgan fingerprint density at radius 3 is 2.40 bits per heavy atom. The number of likely N-dealkylation sites (tertiary alicyclic amines) is 1. The number of alkyl carbamates (subject to hydrolysis) is 1. The van der Waals surface area contributed by atoms with Crippen LogP contribution in [0.25, 0.3) is 0 Å². The van der Waals surface area contributed by atoms with Crippen molar-refractivity contribution in [2.75, 3.05) is 13.1 Å². The highest BCUT2D eigenvalue weighted by Gasteiger charge is 2.62. The number of ether oxygens (including phenoxy) is 1. The summed E-state index contributed by atoms with van der Waals surface area (Å²) in [6.07, 6.45) is 6.09. The first-order valence-corrected chi connectivity index (χ1v) is 15.8. The zero-order chi connectivity index (χ0) is 31.3. The zero-order valence-electron chi connectivity index (χ0n) is 24.9. The number of aliphatic hydroxyl groups is 1. The van der Waals surface area contributed by atoms with Crippen LogP contribution in [-0.4, -0.2) is 83.4 Å². The first-order valence-electron chi connectivity index (χ1n) is 14.2. The van der Waals surface area contributed by atoms with E-state index in [0.717, 1.165) is 11.1 Å². The molecule has 1 heterocycles. The first-order chi connectivity index (χ1) is 19.4. The van der Waals surface area contributed by atoms with Gasteiger partial charge >= 0.3 is 6.09 Å².